The summed E-state index contributed by atoms with van der Waals surface area (Å²) in [6.07, 6.45) is 5.82. The second-order valence-electron chi connectivity index (χ2n) is 5.67. The Morgan fingerprint density at radius 1 is 1.05 bits per heavy atom. The number of rotatable bonds is 4. The molecule has 0 saturated carbocycles. The largest absolute Gasteiger partial charge is 0.481 e. The van der Waals surface area contributed by atoms with Crippen molar-refractivity contribution in [1.82, 2.24) is 9.80 Å². The molecule has 0 radical (unpaired) electrons. The van der Waals surface area contributed by atoms with E-state index in [1.165, 1.54) is 19.3 Å². The van der Waals surface area contributed by atoms with Gasteiger partial charge in [0.15, 0.2) is 0 Å². The fourth-order valence-electron chi connectivity index (χ4n) is 3.00. The second-order valence-corrected chi connectivity index (χ2v) is 5.67. The zero-order valence-electron chi connectivity index (χ0n) is 11.5. The third-order valence-corrected chi connectivity index (χ3v) is 4.21. The van der Waals surface area contributed by atoms with Crippen molar-refractivity contribution in [3.63, 3.8) is 0 Å². The molecule has 2 aliphatic heterocycles. The Bertz CT molecular complexity index is 327. The molecule has 2 aliphatic rings. The first-order valence-electron chi connectivity index (χ1n) is 7.40. The Hall–Kier alpha value is -1.10. The van der Waals surface area contributed by atoms with E-state index in [2.05, 4.69) is 4.90 Å². The molecule has 1 amide bonds. The smallest absolute Gasteiger partial charge is 0.308 e. The molecule has 19 heavy (non-hydrogen) atoms. The molecule has 0 bridgehead atoms. The lowest BCUT2D eigenvalue weighted by Crippen LogP contribution is -2.43. The van der Waals surface area contributed by atoms with E-state index in [0.29, 0.717) is 19.4 Å². The Balaban J connectivity index is 1.74. The maximum atomic E-state index is 12.1. The van der Waals surface area contributed by atoms with Crippen LogP contribution in [0.4, 0.5) is 0 Å². The third kappa shape index (κ3) is 4.20. The summed E-state index contributed by atoms with van der Waals surface area (Å²) in [4.78, 5) is 27.2. The number of hydrogen-bond acceptors (Lipinski definition) is 3. The van der Waals surface area contributed by atoms with Gasteiger partial charge >= 0.3 is 5.97 Å². The monoisotopic (exact) mass is 268 g/mol. The Morgan fingerprint density at radius 2 is 1.79 bits per heavy atom. The molecule has 5 nitrogen and oxygen atoms in total. The summed E-state index contributed by atoms with van der Waals surface area (Å²) in [5, 5.41) is 9.03. The van der Waals surface area contributed by atoms with Crippen LogP contribution in [-0.4, -0.2) is 59.5 Å². The zero-order valence-corrected chi connectivity index (χ0v) is 11.5. The molecule has 0 aromatic rings. The highest BCUT2D eigenvalue weighted by Gasteiger charge is 2.28. The van der Waals surface area contributed by atoms with Gasteiger partial charge in [-0.3, -0.25) is 9.59 Å². The van der Waals surface area contributed by atoms with Crippen molar-refractivity contribution in [2.75, 3.05) is 32.7 Å². The molecule has 2 saturated heterocycles. The normalized spacial score (nSPS) is 25.3. The molecule has 1 atom stereocenters. The number of carboxylic acid groups (broad SMARTS) is 1. The molecule has 108 valence electrons. The van der Waals surface area contributed by atoms with Crippen LogP contribution in [0.5, 0.6) is 0 Å². The number of likely N-dealkylation sites (tertiary alicyclic amines) is 2. The number of hydrogen-bond donors (Lipinski definition) is 1. The van der Waals surface area contributed by atoms with E-state index in [4.69, 9.17) is 5.11 Å². The topological polar surface area (TPSA) is 60.9 Å². The van der Waals surface area contributed by atoms with Gasteiger partial charge in [0.2, 0.25) is 5.91 Å². The van der Waals surface area contributed by atoms with E-state index < -0.39 is 5.97 Å². The fourth-order valence-corrected chi connectivity index (χ4v) is 3.00. The molecular weight excluding hydrogens is 244 g/mol. The molecule has 2 rings (SSSR count). The molecular formula is C14H24N2O3. The second kappa shape index (κ2) is 6.89. The van der Waals surface area contributed by atoms with Crippen LogP contribution in [0.1, 0.15) is 38.5 Å². The summed E-state index contributed by atoms with van der Waals surface area (Å²) in [6, 6.07) is 0. The average Bonchev–Trinajstić information content (AvgIpc) is 2.46. The van der Waals surface area contributed by atoms with Crippen LogP contribution >= 0.6 is 0 Å². The van der Waals surface area contributed by atoms with Crippen molar-refractivity contribution in [2.45, 2.75) is 38.5 Å². The Morgan fingerprint density at radius 3 is 2.47 bits per heavy atom. The summed E-state index contributed by atoms with van der Waals surface area (Å²) in [5.41, 5.74) is 0. The van der Waals surface area contributed by atoms with Crippen LogP contribution < -0.4 is 0 Å². The summed E-state index contributed by atoms with van der Waals surface area (Å²) in [6.45, 7) is 4.15. The van der Waals surface area contributed by atoms with Gasteiger partial charge in [-0.15, -0.1) is 0 Å². The highest BCUT2D eigenvalue weighted by molar-refractivity contribution is 5.78. The maximum absolute atomic E-state index is 12.1. The van der Waals surface area contributed by atoms with Gasteiger partial charge in [-0.25, -0.2) is 0 Å². The first-order chi connectivity index (χ1) is 9.16. The zero-order chi connectivity index (χ0) is 13.7. The predicted octanol–water partition coefficient (Wildman–Crippen LogP) is 1.19. The van der Waals surface area contributed by atoms with Gasteiger partial charge in [0.05, 0.1) is 5.92 Å². The van der Waals surface area contributed by atoms with E-state index in [-0.39, 0.29) is 11.8 Å². The van der Waals surface area contributed by atoms with Crippen molar-refractivity contribution in [3.05, 3.63) is 0 Å². The van der Waals surface area contributed by atoms with Gasteiger partial charge in [0.25, 0.3) is 0 Å². The summed E-state index contributed by atoms with van der Waals surface area (Å²) < 4.78 is 0. The Kier molecular flexibility index (Phi) is 5.19. The van der Waals surface area contributed by atoms with Crippen molar-refractivity contribution >= 4 is 11.9 Å². The summed E-state index contributed by atoms with van der Waals surface area (Å²) >= 11 is 0. The number of piperidine rings is 2. The van der Waals surface area contributed by atoms with E-state index in [0.717, 1.165) is 32.6 Å². The van der Waals surface area contributed by atoms with Crippen LogP contribution in [0.25, 0.3) is 0 Å². The van der Waals surface area contributed by atoms with Gasteiger partial charge < -0.3 is 14.9 Å². The maximum Gasteiger partial charge on any atom is 0.308 e. The number of amides is 1. The van der Waals surface area contributed by atoms with Crippen LogP contribution in [-0.2, 0) is 9.59 Å². The van der Waals surface area contributed by atoms with E-state index in [1.807, 2.05) is 0 Å². The van der Waals surface area contributed by atoms with Crippen molar-refractivity contribution in [2.24, 2.45) is 5.92 Å². The van der Waals surface area contributed by atoms with Crippen LogP contribution in [0.15, 0.2) is 0 Å². The van der Waals surface area contributed by atoms with Crippen LogP contribution in [0, 0.1) is 5.92 Å². The predicted molar refractivity (Wildman–Crippen MR) is 71.8 cm³/mol. The van der Waals surface area contributed by atoms with Crippen molar-refractivity contribution < 1.29 is 14.7 Å². The first kappa shape index (κ1) is 14.3. The number of carboxylic acids is 1. The highest BCUT2D eigenvalue weighted by atomic mass is 16.4. The van der Waals surface area contributed by atoms with Gasteiger partial charge in [-0.1, -0.05) is 6.42 Å². The number of carbonyl (C=O) groups is 2. The third-order valence-electron chi connectivity index (χ3n) is 4.21. The minimum absolute atomic E-state index is 0.122. The van der Waals surface area contributed by atoms with Gasteiger partial charge in [0, 0.05) is 26.1 Å². The Labute approximate surface area is 114 Å². The van der Waals surface area contributed by atoms with E-state index >= 15 is 0 Å². The standard InChI is InChI=1S/C14H24N2O3/c17-13(6-10-15-7-2-1-3-8-15)16-9-4-5-12(11-16)14(18)19/h12H,1-11H2,(H,18,19). The number of carbonyl (C=O) groups excluding carboxylic acids is 1. The summed E-state index contributed by atoms with van der Waals surface area (Å²) in [5.74, 6) is -1.02. The number of nitrogens with zero attached hydrogens (tertiary/aromatic N) is 2. The average molecular weight is 268 g/mol. The molecule has 1 unspecified atom stereocenters. The quantitative estimate of drug-likeness (QED) is 0.832. The summed E-state index contributed by atoms with van der Waals surface area (Å²) in [7, 11) is 0. The van der Waals surface area contributed by atoms with Crippen molar-refractivity contribution in [1.29, 1.82) is 0 Å². The lowest BCUT2D eigenvalue weighted by Gasteiger charge is -2.32. The van der Waals surface area contributed by atoms with E-state index in [9.17, 15) is 9.59 Å². The highest BCUT2D eigenvalue weighted by Crippen LogP contribution is 2.17. The molecule has 1 N–H and O–H groups in total. The minimum Gasteiger partial charge on any atom is -0.481 e. The van der Waals surface area contributed by atoms with Gasteiger partial charge in [-0.2, -0.15) is 0 Å². The lowest BCUT2D eigenvalue weighted by atomic mass is 9.98. The molecule has 0 aliphatic carbocycles. The molecule has 2 fully saturated rings. The lowest BCUT2D eigenvalue weighted by molar-refractivity contribution is -0.145. The van der Waals surface area contributed by atoms with Crippen LogP contribution in [0.3, 0.4) is 0 Å². The SMILES string of the molecule is O=C(O)C1CCCN(C(=O)CCN2CCCCC2)C1. The van der Waals surface area contributed by atoms with E-state index in [1.54, 1.807) is 4.90 Å². The molecule has 2 heterocycles. The van der Waals surface area contributed by atoms with Gasteiger partial charge in [0.1, 0.15) is 0 Å². The fraction of sp³-hybridized carbons (Fsp3) is 0.857. The molecule has 5 heteroatoms. The number of aliphatic carboxylic acids is 1. The minimum atomic E-state index is -0.770. The molecule has 0 spiro atoms. The van der Waals surface area contributed by atoms with Gasteiger partial charge in [-0.05, 0) is 38.8 Å². The molecule has 0 aromatic carbocycles. The van der Waals surface area contributed by atoms with Crippen molar-refractivity contribution in [3.8, 4) is 0 Å². The molecule has 0 aromatic heterocycles. The first-order valence-corrected chi connectivity index (χ1v) is 7.40. The van der Waals surface area contributed by atoms with Crippen LogP contribution in [0.2, 0.25) is 0 Å².